The average Bonchev–Trinajstić information content (AvgIpc) is 1.73. The molecule has 10 rings (SSSR count). The summed E-state index contributed by atoms with van der Waals surface area (Å²) < 4.78 is 0. The van der Waals surface area contributed by atoms with Crippen molar-refractivity contribution < 1.29 is 72.7 Å². The van der Waals surface area contributed by atoms with Crippen LogP contribution in [0.3, 0.4) is 0 Å². The molecule has 0 aromatic carbocycles. The molecule has 10 aromatic rings. The van der Waals surface area contributed by atoms with E-state index in [1.54, 1.807) is 26.2 Å². The molecule has 0 unspecified atom stereocenters. The van der Waals surface area contributed by atoms with Gasteiger partial charge in [0.05, 0.1) is 16.8 Å². The van der Waals surface area contributed by atoms with E-state index in [0.29, 0.717) is 17.8 Å². The van der Waals surface area contributed by atoms with E-state index in [-0.39, 0.29) is 48.8 Å². The highest BCUT2D eigenvalue weighted by Gasteiger charge is 2.08. The van der Waals surface area contributed by atoms with E-state index in [0.717, 1.165) is 81.2 Å². The Morgan fingerprint density at radius 2 is 0.606 bits per heavy atom. The number of anilines is 1. The molecular formula is C76H120N12O16. The molecule has 0 saturated carbocycles. The van der Waals surface area contributed by atoms with Gasteiger partial charge in [-0.25, -0.2) is 24.9 Å². The fraction of sp³-hybridized carbons (Fsp3) is 0.447. The van der Waals surface area contributed by atoms with Crippen molar-refractivity contribution in [2.75, 3.05) is 12.3 Å². The van der Waals surface area contributed by atoms with Gasteiger partial charge in [-0.3, -0.25) is 19.7 Å². The van der Waals surface area contributed by atoms with E-state index in [1.807, 2.05) is 188 Å². The van der Waals surface area contributed by atoms with Crippen molar-refractivity contribution in [3.63, 3.8) is 0 Å². The number of carboxylic acids is 1. The Balaban J connectivity index is -0.000000103. The van der Waals surface area contributed by atoms with Crippen LogP contribution in [0.1, 0.15) is 217 Å². The number of ketones is 1. The maximum absolute atomic E-state index is 10.9. The Bertz CT molecular complexity index is 3700. The highest BCUT2D eigenvalue weighted by molar-refractivity contribution is 5.82. The minimum atomic E-state index is -0.833. The van der Waals surface area contributed by atoms with Crippen LogP contribution >= 0.6 is 0 Å². The van der Waals surface area contributed by atoms with Crippen molar-refractivity contribution in [3.8, 4) is 0 Å². The van der Waals surface area contributed by atoms with Gasteiger partial charge in [0, 0.05) is 100 Å². The summed E-state index contributed by atoms with van der Waals surface area (Å²) in [6, 6.07) is 20.0. The lowest BCUT2D eigenvalue weighted by Crippen LogP contribution is -1.96. The van der Waals surface area contributed by atoms with Crippen molar-refractivity contribution in [3.05, 3.63) is 147 Å². The topological polar surface area (TPSA) is 458 Å². The molecule has 10 heterocycles. The second kappa shape index (κ2) is 85.9. The number of nitro groups is 1. The van der Waals surface area contributed by atoms with Crippen molar-refractivity contribution >= 4 is 109 Å². The first-order valence-electron chi connectivity index (χ1n) is 34.3. The van der Waals surface area contributed by atoms with Crippen LogP contribution in [-0.2, 0) is 76.8 Å². The normalized spacial score (nSPS) is 7.93. The molecule has 0 amide bonds. The molecule has 9 N–H and O–H groups in total. The Hall–Kier alpha value is -11.3. The number of aliphatic hydroxyl groups excluding tert-OH is 1. The van der Waals surface area contributed by atoms with E-state index in [1.165, 1.54) is 58.4 Å². The number of fused-ring (bicyclic) bond motifs is 5. The lowest BCUT2D eigenvalue weighted by Gasteiger charge is -1.96. The lowest BCUT2D eigenvalue weighted by molar-refractivity contribution is -0.385. The van der Waals surface area contributed by atoms with Crippen LogP contribution < -0.4 is 5.73 Å². The predicted octanol–water partition coefficient (Wildman–Crippen LogP) is 17.3. The highest BCUT2D eigenvalue weighted by atomic mass is 16.6. The van der Waals surface area contributed by atoms with Gasteiger partial charge in [-0.2, -0.15) is 47.9 Å². The molecule has 0 aliphatic heterocycles. The second-order valence-electron chi connectivity index (χ2n) is 17.3. The minimum absolute atomic E-state index is 0.0199. The number of nitrogens with two attached hydrogens (primary N) is 1. The number of carboxylic acid groups (broad SMARTS) is 1. The number of pyridine rings is 5. The maximum atomic E-state index is 10.9. The monoisotopic (exact) mass is 1460 g/mol. The third-order valence-corrected chi connectivity index (χ3v) is 9.94. The molecule has 0 radical (unpaired) electrons. The first-order valence-corrected chi connectivity index (χ1v) is 34.3. The summed E-state index contributed by atoms with van der Waals surface area (Å²) in [6.45, 7) is 55.0. The molecule has 0 bridgehead atoms. The SMILES string of the molecule is CC.CC.CC.CC.CC.CC.CC.CC.CC.CC(=O)Cc1cnc2[nH]c(C)cc2c1.CC(=O)O.CCCc1cnc2[nH]c(C)cc2c1.CCCc1cnc2[nH]c(C)cc2c1.CCO.Cc1cc2cc(N)cnc2[nH]1.Cc1cc2cc([N+](=O)[O-])cnc2[nH]1.O=C=O.O=C=O.O=C=O.O=C=O.O=C=O. The van der Waals surface area contributed by atoms with E-state index >= 15 is 0 Å². The van der Waals surface area contributed by atoms with Gasteiger partial charge in [0.15, 0.2) is 0 Å². The van der Waals surface area contributed by atoms with Crippen LogP contribution in [0.25, 0.3) is 55.2 Å². The number of hydrogen-bond acceptors (Lipinski definition) is 21. The fourth-order valence-corrected chi connectivity index (χ4v) is 7.24. The molecule has 580 valence electrons. The number of hydrogen-bond donors (Lipinski definition) is 8. The van der Waals surface area contributed by atoms with Crippen molar-refractivity contribution in [1.82, 2.24) is 49.8 Å². The smallest absolute Gasteiger partial charge is 0.373 e. The quantitative estimate of drug-likeness (QED) is 0.0542. The number of nitrogen functional groups attached to an aromatic ring is 1. The van der Waals surface area contributed by atoms with E-state index in [2.05, 4.69) is 102 Å². The van der Waals surface area contributed by atoms with E-state index in [9.17, 15) is 14.9 Å². The molecular weight excluding hydrogens is 1340 g/mol. The van der Waals surface area contributed by atoms with Crippen LogP contribution in [0.4, 0.5) is 11.4 Å². The molecule has 0 aliphatic carbocycles. The molecule has 0 saturated heterocycles. The zero-order chi connectivity index (χ0) is 83.7. The van der Waals surface area contributed by atoms with Crippen LogP contribution in [0, 0.1) is 44.7 Å². The van der Waals surface area contributed by atoms with Gasteiger partial charge < -0.3 is 40.9 Å². The number of H-pyrrole nitrogens is 5. The number of aromatic nitrogens is 10. The van der Waals surface area contributed by atoms with Gasteiger partial charge in [-0.1, -0.05) is 151 Å². The summed E-state index contributed by atoms with van der Waals surface area (Å²) in [5, 5.41) is 30.8. The van der Waals surface area contributed by atoms with Crippen LogP contribution in [-0.4, -0.2) is 114 Å². The van der Waals surface area contributed by atoms with Gasteiger partial charge in [-0.05, 0) is 133 Å². The molecule has 10 aromatic heterocycles. The molecule has 0 atom stereocenters. The number of aliphatic carboxylic acids is 1. The number of rotatable bonds is 7. The molecule has 0 aliphatic rings. The first-order chi connectivity index (χ1) is 49.9. The Labute approximate surface area is 614 Å². The standard InChI is InChI=1S/C11H12N2O.2C11H14N2.C8H7N3O2.C8H9N3.C2H4O2.C2H6O.9C2H6.5CO2/c1-7-3-10-5-9(4-8(2)14)6-12-11(10)13-7;2*1-3-4-9-6-10-5-8(2)13-11(10)12-7-9;1-5-2-6-3-7(11(12)13)4-9-8(6)10-5;1-5-2-6-3-7(9)4-10-8(6)11-5;1-2(3)4;1-2-3;9*1-2;5*2-1-3/h3,5-6H,4H2,1-2H3,(H,12,13);2*5-7H,3-4H2,1-2H3,(H,12,13);2-4H,1H3,(H,9,10);2-4H,9H2,1H3,(H,10,11);1H3,(H,3,4);3H,2H2,1H3;9*1-2H3;;;;;. The van der Waals surface area contributed by atoms with Crippen molar-refractivity contribution in [1.29, 1.82) is 0 Å². The zero-order valence-corrected chi connectivity index (χ0v) is 66.8. The third kappa shape index (κ3) is 62.9. The fourth-order valence-electron chi connectivity index (χ4n) is 7.24. The zero-order valence-electron chi connectivity index (χ0n) is 66.8. The lowest BCUT2D eigenvalue weighted by atomic mass is 10.1. The van der Waals surface area contributed by atoms with Gasteiger partial charge in [0.2, 0.25) is 0 Å². The summed E-state index contributed by atoms with van der Waals surface area (Å²) >= 11 is 0. The molecule has 0 spiro atoms. The number of carbonyl (C=O) groups is 2. The van der Waals surface area contributed by atoms with Crippen LogP contribution in [0.2, 0.25) is 0 Å². The predicted molar refractivity (Wildman–Crippen MR) is 411 cm³/mol. The number of aromatic amines is 5. The number of aliphatic hydroxyl groups is 1. The average molecular weight is 1460 g/mol. The molecule has 28 nitrogen and oxygen atoms in total. The Kier molecular flexibility index (Phi) is 96.4. The van der Waals surface area contributed by atoms with E-state index in [4.69, 9.17) is 68.7 Å². The van der Waals surface area contributed by atoms with Gasteiger partial charge in [0.1, 0.15) is 40.2 Å². The highest BCUT2D eigenvalue weighted by Crippen LogP contribution is 2.20. The van der Waals surface area contributed by atoms with Gasteiger partial charge in [0.25, 0.3) is 11.7 Å². The van der Waals surface area contributed by atoms with Crippen LogP contribution in [0.15, 0.2) is 91.6 Å². The minimum Gasteiger partial charge on any atom is -0.481 e. The largest absolute Gasteiger partial charge is 0.481 e. The van der Waals surface area contributed by atoms with E-state index < -0.39 is 10.9 Å². The van der Waals surface area contributed by atoms with Gasteiger partial charge >= 0.3 is 30.8 Å². The Morgan fingerprint density at radius 1 is 0.404 bits per heavy atom. The number of carbonyl (C=O) groups excluding carboxylic acids is 11. The second-order valence-corrected chi connectivity index (χ2v) is 17.3. The molecule has 0 fully saturated rings. The first kappa shape index (κ1) is 117. The summed E-state index contributed by atoms with van der Waals surface area (Å²) in [5.41, 5.74) is 19.9. The van der Waals surface area contributed by atoms with Crippen molar-refractivity contribution in [2.24, 2.45) is 0 Å². The summed E-state index contributed by atoms with van der Waals surface area (Å²) in [7, 11) is 0. The van der Waals surface area contributed by atoms with Crippen molar-refractivity contribution in [2.45, 2.75) is 226 Å². The number of nitrogens with one attached hydrogen (secondary N) is 5. The van der Waals surface area contributed by atoms with Gasteiger partial charge in [-0.15, -0.1) is 0 Å². The molecule has 28 heteroatoms. The third-order valence-electron chi connectivity index (χ3n) is 9.94. The number of nitrogens with zero attached hydrogens (tertiary/aromatic N) is 6. The van der Waals surface area contributed by atoms with Crippen LogP contribution in [0.5, 0.6) is 0 Å². The summed E-state index contributed by atoms with van der Waals surface area (Å²) in [6.07, 6.45) is 14.9. The molecule has 104 heavy (non-hydrogen) atoms. The Morgan fingerprint density at radius 3 is 0.837 bits per heavy atom. The summed E-state index contributed by atoms with van der Waals surface area (Å²) in [4.78, 5) is 148. The number of aryl methyl sites for hydroxylation is 7. The summed E-state index contributed by atoms with van der Waals surface area (Å²) in [5.74, 6) is -0.668. The maximum Gasteiger partial charge on any atom is 0.373 e. The number of Topliss-reactive ketones (excluding diaryl/α,β-unsaturated/α-hetero) is 1.